The first-order chi connectivity index (χ1) is 9.95. The van der Waals surface area contributed by atoms with Gasteiger partial charge in [0, 0.05) is 45.8 Å². The van der Waals surface area contributed by atoms with Gasteiger partial charge in [0.1, 0.15) is 6.54 Å². The number of hydrogen-bond acceptors (Lipinski definition) is 3. The Balaban J connectivity index is 0.00000441. The maximum atomic E-state index is 11.6. The SMILES string of the molecule is CCNC(=NCC(=O)N(C)C)NCCN(C(C)C)C1CC1.I. The fourth-order valence-corrected chi connectivity index (χ4v) is 2.20. The van der Waals surface area contributed by atoms with Gasteiger partial charge in [0.05, 0.1) is 0 Å². The Morgan fingerprint density at radius 1 is 1.27 bits per heavy atom. The molecular formula is C15H32IN5O. The monoisotopic (exact) mass is 425 g/mol. The number of aliphatic imine (C=N–C) groups is 1. The van der Waals surface area contributed by atoms with Gasteiger partial charge >= 0.3 is 0 Å². The molecule has 1 aliphatic rings. The number of rotatable bonds is 8. The Hall–Kier alpha value is -0.570. The highest BCUT2D eigenvalue weighted by Crippen LogP contribution is 2.27. The fraction of sp³-hybridized carbons (Fsp3) is 0.867. The first-order valence-electron chi connectivity index (χ1n) is 7.93. The highest BCUT2D eigenvalue weighted by atomic mass is 127. The van der Waals surface area contributed by atoms with E-state index in [1.165, 1.54) is 12.8 Å². The molecule has 0 aliphatic heterocycles. The van der Waals surface area contributed by atoms with Gasteiger partial charge in [-0.3, -0.25) is 9.69 Å². The van der Waals surface area contributed by atoms with E-state index in [1.807, 2.05) is 6.92 Å². The molecule has 0 heterocycles. The lowest BCUT2D eigenvalue weighted by molar-refractivity contribution is -0.127. The van der Waals surface area contributed by atoms with Crippen molar-refractivity contribution in [3.63, 3.8) is 0 Å². The molecule has 130 valence electrons. The van der Waals surface area contributed by atoms with E-state index in [4.69, 9.17) is 0 Å². The Morgan fingerprint density at radius 2 is 1.91 bits per heavy atom. The summed E-state index contributed by atoms with van der Waals surface area (Å²) in [5.41, 5.74) is 0. The van der Waals surface area contributed by atoms with Gasteiger partial charge in [-0.15, -0.1) is 24.0 Å². The van der Waals surface area contributed by atoms with Crippen LogP contribution >= 0.6 is 24.0 Å². The molecule has 1 fully saturated rings. The molecule has 6 nitrogen and oxygen atoms in total. The van der Waals surface area contributed by atoms with Crippen molar-refractivity contribution in [1.29, 1.82) is 0 Å². The summed E-state index contributed by atoms with van der Waals surface area (Å²) >= 11 is 0. The van der Waals surface area contributed by atoms with E-state index < -0.39 is 0 Å². The molecule has 0 atom stereocenters. The molecule has 0 bridgehead atoms. The normalized spacial score (nSPS) is 14.8. The zero-order valence-corrected chi connectivity index (χ0v) is 16.9. The lowest BCUT2D eigenvalue weighted by Gasteiger charge is -2.26. The van der Waals surface area contributed by atoms with E-state index in [9.17, 15) is 4.79 Å². The van der Waals surface area contributed by atoms with Crippen molar-refractivity contribution in [3.8, 4) is 0 Å². The maximum Gasteiger partial charge on any atom is 0.243 e. The molecule has 1 rings (SSSR count). The van der Waals surface area contributed by atoms with Gasteiger partial charge in [-0.1, -0.05) is 0 Å². The molecular weight excluding hydrogens is 393 g/mol. The molecule has 7 heteroatoms. The van der Waals surface area contributed by atoms with E-state index in [1.54, 1.807) is 19.0 Å². The third-order valence-corrected chi connectivity index (χ3v) is 3.56. The number of hydrogen-bond donors (Lipinski definition) is 2. The van der Waals surface area contributed by atoms with Crippen molar-refractivity contribution in [2.45, 2.75) is 45.7 Å². The zero-order valence-electron chi connectivity index (χ0n) is 14.6. The molecule has 0 unspecified atom stereocenters. The predicted molar refractivity (Wildman–Crippen MR) is 103 cm³/mol. The summed E-state index contributed by atoms with van der Waals surface area (Å²) in [6.45, 7) is 9.33. The lowest BCUT2D eigenvalue weighted by Crippen LogP contribution is -2.44. The Kier molecular flexibility index (Phi) is 10.8. The van der Waals surface area contributed by atoms with Crippen LogP contribution in [0.1, 0.15) is 33.6 Å². The van der Waals surface area contributed by atoms with Gasteiger partial charge in [0.15, 0.2) is 5.96 Å². The molecule has 1 saturated carbocycles. The van der Waals surface area contributed by atoms with Gasteiger partial charge in [0.2, 0.25) is 5.91 Å². The van der Waals surface area contributed by atoms with Gasteiger partial charge in [0.25, 0.3) is 0 Å². The second-order valence-corrected chi connectivity index (χ2v) is 5.97. The molecule has 2 N–H and O–H groups in total. The summed E-state index contributed by atoms with van der Waals surface area (Å²) < 4.78 is 0. The van der Waals surface area contributed by atoms with Crippen molar-refractivity contribution in [2.24, 2.45) is 4.99 Å². The molecule has 1 aliphatic carbocycles. The topological polar surface area (TPSA) is 60.0 Å². The third-order valence-electron chi connectivity index (χ3n) is 3.56. The number of amides is 1. The second-order valence-electron chi connectivity index (χ2n) is 5.97. The highest BCUT2D eigenvalue weighted by molar-refractivity contribution is 14.0. The number of nitrogens with one attached hydrogen (secondary N) is 2. The molecule has 0 aromatic heterocycles. The minimum Gasteiger partial charge on any atom is -0.357 e. The van der Waals surface area contributed by atoms with E-state index >= 15 is 0 Å². The van der Waals surface area contributed by atoms with Crippen LogP contribution in [0.5, 0.6) is 0 Å². The van der Waals surface area contributed by atoms with Crippen LogP contribution in [0, 0.1) is 0 Å². The number of likely N-dealkylation sites (N-methyl/N-ethyl adjacent to an activating group) is 1. The van der Waals surface area contributed by atoms with E-state index in [2.05, 4.69) is 34.4 Å². The molecule has 0 aromatic carbocycles. The zero-order chi connectivity index (χ0) is 15.8. The molecule has 0 radical (unpaired) electrons. The molecule has 22 heavy (non-hydrogen) atoms. The molecule has 0 saturated heterocycles. The summed E-state index contributed by atoms with van der Waals surface area (Å²) in [5, 5.41) is 6.48. The minimum atomic E-state index is 0. The number of carbonyl (C=O) groups is 1. The number of carbonyl (C=O) groups excluding carboxylic acids is 1. The summed E-state index contributed by atoms with van der Waals surface area (Å²) in [7, 11) is 3.49. The van der Waals surface area contributed by atoms with Crippen LogP contribution in [-0.2, 0) is 4.79 Å². The van der Waals surface area contributed by atoms with Crippen molar-refractivity contribution in [1.82, 2.24) is 20.4 Å². The summed E-state index contributed by atoms with van der Waals surface area (Å²) in [5.74, 6) is 0.723. The van der Waals surface area contributed by atoms with Crippen LogP contribution in [0.4, 0.5) is 0 Å². The minimum absolute atomic E-state index is 0. The van der Waals surface area contributed by atoms with Gasteiger partial charge in [-0.05, 0) is 33.6 Å². The van der Waals surface area contributed by atoms with Crippen molar-refractivity contribution < 1.29 is 4.79 Å². The van der Waals surface area contributed by atoms with Gasteiger partial charge in [-0.25, -0.2) is 4.99 Å². The van der Waals surface area contributed by atoms with Crippen molar-refractivity contribution in [2.75, 3.05) is 40.3 Å². The highest BCUT2D eigenvalue weighted by Gasteiger charge is 2.30. The lowest BCUT2D eigenvalue weighted by atomic mass is 10.3. The van der Waals surface area contributed by atoms with Crippen molar-refractivity contribution >= 4 is 35.8 Å². The van der Waals surface area contributed by atoms with Gasteiger partial charge < -0.3 is 15.5 Å². The predicted octanol–water partition coefficient (Wildman–Crippen LogP) is 1.12. The van der Waals surface area contributed by atoms with E-state index in [0.717, 1.165) is 25.7 Å². The average molecular weight is 425 g/mol. The number of guanidine groups is 1. The summed E-state index contributed by atoms with van der Waals surface area (Å²) in [6.07, 6.45) is 2.65. The van der Waals surface area contributed by atoms with Crippen LogP contribution in [0.2, 0.25) is 0 Å². The summed E-state index contributed by atoms with van der Waals surface area (Å²) in [4.78, 5) is 20.0. The molecule has 0 spiro atoms. The Labute approximate surface area is 152 Å². The number of nitrogens with zero attached hydrogens (tertiary/aromatic N) is 3. The largest absolute Gasteiger partial charge is 0.357 e. The maximum absolute atomic E-state index is 11.6. The second kappa shape index (κ2) is 11.0. The van der Waals surface area contributed by atoms with Crippen LogP contribution in [0.15, 0.2) is 4.99 Å². The van der Waals surface area contributed by atoms with Crippen LogP contribution in [0.25, 0.3) is 0 Å². The fourth-order valence-electron chi connectivity index (χ4n) is 2.20. The van der Waals surface area contributed by atoms with Crippen LogP contribution < -0.4 is 10.6 Å². The first-order valence-corrected chi connectivity index (χ1v) is 7.93. The average Bonchev–Trinajstić information content (AvgIpc) is 3.24. The molecule has 0 aromatic rings. The first kappa shape index (κ1) is 21.4. The van der Waals surface area contributed by atoms with Gasteiger partial charge in [-0.2, -0.15) is 0 Å². The summed E-state index contributed by atoms with van der Waals surface area (Å²) in [6, 6.07) is 1.34. The van der Waals surface area contributed by atoms with E-state index in [-0.39, 0.29) is 36.4 Å². The quantitative estimate of drug-likeness (QED) is 0.348. The standard InChI is InChI=1S/C15H31N5O.HI/c1-6-16-15(18-11-14(21)19(4)5)17-9-10-20(12(2)3)13-7-8-13;/h12-13H,6-11H2,1-5H3,(H2,16,17,18);1H. The third kappa shape index (κ3) is 8.17. The molecule has 1 amide bonds. The van der Waals surface area contributed by atoms with Crippen LogP contribution in [0.3, 0.4) is 0 Å². The smallest absolute Gasteiger partial charge is 0.243 e. The van der Waals surface area contributed by atoms with E-state index in [0.29, 0.717) is 12.0 Å². The Morgan fingerprint density at radius 3 is 2.36 bits per heavy atom. The van der Waals surface area contributed by atoms with Crippen molar-refractivity contribution in [3.05, 3.63) is 0 Å². The number of halogens is 1. The Bertz CT molecular complexity index is 354. The van der Waals surface area contributed by atoms with Crippen LogP contribution in [-0.4, -0.2) is 74.0 Å².